The van der Waals surface area contributed by atoms with Gasteiger partial charge >= 0.3 is 0 Å². The average molecular weight is 281 g/mol. The van der Waals surface area contributed by atoms with Crippen LogP contribution in [0.4, 0.5) is 0 Å². The number of rotatable bonds is 5. The van der Waals surface area contributed by atoms with E-state index in [-0.39, 0.29) is 6.04 Å². The number of nitrogens with one attached hydrogen (secondary N) is 1. The number of ether oxygens (including phenoxy) is 1. The lowest BCUT2D eigenvalue weighted by molar-refractivity contribution is 0.330. The zero-order chi connectivity index (χ0) is 14.7. The fourth-order valence-corrected chi connectivity index (χ4v) is 3.25. The molecule has 2 heteroatoms. The summed E-state index contributed by atoms with van der Waals surface area (Å²) < 4.78 is 5.75. The smallest absolute Gasteiger partial charge is 0.124 e. The molecule has 2 aromatic carbocycles. The molecule has 1 N–H and O–H groups in total. The Bertz CT molecular complexity index is 608. The van der Waals surface area contributed by atoms with Crippen LogP contribution in [0.2, 0.25) is 0 Å². The predicted octanol–water partition coefficient (Wildman–Crippen LogP) is 4.42. The normalized spacial score (nSPS) is 18.3. The molecular weight excluding hydrogens is 258 g/mol. The van der Waals surface area contributed by atoms with E-state index in [4.69, 9.17) is 4.74 Å². The molecule has 0 radical (unpaired) electrons. The zero-order valence-corrected chi connectivity index (χ0v) is 12.8. The van der Waals surface area contributed by atoms with E-state index in [9.17, 15) is 0 Å². The van der Waals surface area contributed by atoms with Crippen LogP contribution in [-0.2, 0) is 6.42 Å². The van der Waals surface area contributed by atoms with Crippen molar-refractivity contribution in [1.82, 2.24) is 5.32 Å². The molecule has 0 spiro atoms. The maximum atomic E-state index is 5.75. The number of hydrogen-bond donors (Lipinski definition) is 1. The van der Waals surface area contributed by atoms with Gasteiger partial charge in [0.05, 0.1) is 6.61 Å². The van der Waals surface area contributed by atoms with E-state index in [0.29, 0.717) is 12.6 Å². The van der Waals surface area contributed by atoms with Crippen LogP contribution in [-0.4, -0.2) is 6.61 Å². The third-order valence-corrected chi connectivity index (χ3v) is 4.27. The molecule has 2 nitrogen and oxygen atoms in total. The molecule has 110 valence electrons. The fourth-order valence-electron chi connectivity index (χ4n) is 3.25. The van der Waals surface area contributed by atoms with Crippen molar-refractivity contribution in [1.29, 1.82) is 0 Å². The molecule has 1 aliphatic carbocycles. The molecule has 3 rings (SSSR count). The molecule has 2 unspecified atom stereocenters. The number of para-hydroxylation sites is 1. The Kier molecular flexibility index (Phi) is 4.26. The van der Waals surface area contributed by atoms with Gasteiger partial charge in [-0.25, -0.2) is 0 Å². The van der Waals surface area contributed by atoms with Crippen LogP contribution in [0.1, 0.15) is 49.0 Å². The minimum atomic E-state index is 0.281. The maximum absolute atomic E-state index is 5.75. The SMILES string of the molecule is CCOc1ccccc1C(C)NC1CCc2ccccc21. The third-order valence-electron chi connectivity index (χ3n) is 4.27. The topological polar surface area (TPSA) is 21.3 Å². The van der Waals surface area contributed by atoms with Gasteiger partial charge in [-0.15, -0.1) is 0 Å². The van der Waals surface area contributed by atoms with Gasteiger partial charge in [0.1, 0.15) is 5.75 Å². The van der Waals surface area contributed by atoms with Gasteiger partial charge in [0.2, 0.25) is 0 Å². The second kappa shape index (κ2) is 6.31. The molecule has 0 aromatic heterocycles. The number of benzene rings is 2. The summed E-state index contributed by atoms with van der Waals surface area (Å²) in [6, 6.07) is 17.8. The molecule has 0 fully saturated rings. The highest BCUT2D eigenvalue weighted by molar-refractivity contribution is 5.38. The van der Waals surface area contributed by atoms with Crippen LogP contribution in [0.15, 0.2) is 48.5 Å². The highest BCUT2D eigenvalue weighted by Gasteiger charge is 2.24. The summed E-state index contributed by atoms with van der Waals surface area (Å²) in [7, 11) is 0. The summed E-state index contributed by atoms with van der Waals surface area (Å²) >= 11 is 0. The van der Waals surface area contributed by atoms with Gasteiger partial charge in [-0.2, -0.15) is 0 Å². The second-order valence-corrected chi connectivity index (χ2v) is 5.65. The first-order chi connectivity index (χ1) is 10.3. The average Bonchev–Trinajstić information content (AvgIpc) is 2.91. The van der Waals surface area contributed by atoms with Crippen molar-refractivity contribution in [3.63, 3.8) is 0 Å². The fraction of sp³-hybridized carbons (Fsp3) is 0.368. The van der Waals surface area contributed by atoms with Crippen LogP contribution in [0, 0.1) is 0 Å². The molecule has 21 heavy (non-hydrogen) atoms. The minimum absolute atomic E-state index is 0.281. The molecule has 0 bridgehead atoms. The van der Waals surface area contributed by atoms with E-state index in [1.54, 1.807) is 0 Å². The summed E-state index contributed by atoms with van der Waals surface area (Å²) in [5.41, 5.74) is 4.18. The van der Waals surface area contributed by atoms with Gasteiger partial charge in [-0.05, 0) is 43.9 Å². The van der Waals surface area contributed by atoms with Crippen molar-refractivity contribution < 1.29 is 4.74 Å². The van der Waals surface area contributed by atoms with Crippen molar-refractivity contribution in [3.8, 4) is 5.75 Å². The molecule has 0 saturated heterocycles. The Morgan fingerprint density at radius 2 is 1.90 bits per heavy atom. The summed E-state index contributed by atoms with van der Waals surface area (Å²) in [6.45, 7) is 4.96. The van der Waals surface area contributed by atoms with Crippen molar-refractivity contribution in [2.75, 3.05) is 6.61 Å². The molecule has 0 saturated carbocycles. The van der Waals surface area contributed by atoms with Crippen LogP contribution < -0.4 is 10.1 Å². The zero-order valence-electron chi connectivity index (χ0n) is 12.8. The van der Waals surface area contributed by atoms with Crippen molar-refractivity contribution in [2.45, 2.75) is 38.8 Å². The first-order valence-corrected chi connectivity index (χ1v) is 7.85. The van der Waals surface area contributed by atoms with E-state index < -0.39 is 0 Å². The number of hydrogen-bond acceptors (Lipinski definition) is 2. The van der Waals surface area contributed by atoms with Crippen molar-refractivity contribution >= 4 is 0 Å². The summed E-state index contributed by atoms with van der Waals surface area (Å²) in [6.07, 6.45) is 2.36. The van der Waals surface area contributed by atoms with E-state index in [2.05, 4.69) is 54.7 Å². The van der Waals surface area contributed by atoms with Gasteiger partial charge < -0.3 is 10.1 Å². The quantitative estimate of drug-likeness (QED) is 0.875. The predicted molar refractivity (Wildman–Crippen MR) is 86.7 cm³/mol. The lowest BCUT2D eigenvalue weighted by atomic mass is 10.0. The number of aryl methyl sites for hydroxylation is 1. The molecule has 1 aliphatic rings. The molecule has 0 heterocycles. The van der Waals surface area contributed by atoms with E-state index in [1.165, 1.54) is 29.5 Å². The van der Waals surface area contributed by atoms with Gasteiger partial charge in [0, 0.05) is 17.6 Å². The Hall–Kier alpha value is -1.80. The van der Waals surface area contributed by atoms with Crippen LogP contribution in [0.3, 0.4) is 0 Å². The third kappa shape index (κ3) is 2.96. The van der Waals surface area contributed by atoms with Crippen LogP contribution in [0.5, 0.6) is 5.75 Å². The van der Waals surface area contributed by atoms with Gasteiger partial charge in [0.25, 0.3) is 0 Å². The first kappa shape index (κ1) is 14.2. The summed E-state index contributed by atoms with van der Waals surface area (Å²) in [5, 5.41) is 3.77. The molecular formula is C19H23NO. The maximum Gasteiger partial charge on any atom is 0.124 e. The summed E-state index contributed by atoms with van der Waals surface area (Å²) in [4.78, 5) is 0. The minimum Gasteiger partial charge on any atom is -0.494 e. The molecule has 0 amide bonds. The van der Waals surface area contributed by atoms with E-state index in [0.717, 1.165) is 5.75 Å². The lowest BCUT2D eigenvalue weighted by Crippen LogP contribution is -2.23. The highest BCUT2D eigenvalue weighted by atomic mass is 16.5. The van der Waals surface area contributed by atoms with Gasteiger partial charge in [-0.1, -0.05) is 42.5 Å². The van der Waals surface area contributed by atoms with E-state index >= 15 is 0 Å². The number of fused-ring (bicyclic) bond motifs is 1. The standard InChI is InChI=1S/C19H23NO/c1-3-21-19-11-7-6-9-16(19)14(2)20-18-13-12-15-8-4-5-10-17(15)18/h4-11,14,18,20H,3,12-13H2,1-2H3. The van der Waals surface area contributed by atoms with E-state index in [1.807, 2.05) is 13.0 Å². The second-order valence-electron chi connectivity index (χ2n) is 5.65. The van der Waals surface area contributed by atoms with Crippen molar-refractivity contribution in [3.05, 3.63) is 65.2 Å². The molecule has 2 aromatic rings. The Labute approximate surface area is 127 Å². The Morgan fingerprint density at radius 1 is 1.14 bits per heavy atom. The Balaban J connectivity index is 1.77. The van der Waals surface area contributed by atoms with Crippen LogP contribution in [0.25, 0.3) is 0 Å². The van der Waals surface area contributed by atoms with Gasteiger partial charge in [-0.3, -0.25) is 0 Å². The first-order valence-electron chi connectivity index (χ1n) is 7.85. The van der Waals surface area contributed by atoms with Gasteiger partial charge in [0.15, 0.2) is 0 Å². The van der Waals surface area contributed by atoms with Crippen LogP contribution >= 0.6 is 0 Å². The van der Waals surface area contributed by atoms with Crippen molar-refractivity contribution in [2.24, 2.45) is 0 Å². The largest absolute Gasteiger partial charge is 0.494 e. The highest BCUT2D eigenvalue weighted by Crippen LogP contribution is 2.34. The molecule has 2 atom stereocenters. The Morgan fingerprint density at radius 3 is 2.76 bits per heavy atom. The lowest BCUT2D eigenvalue weighted by Gasteiger charge is -2.22. The summed E-state index contributed by atoms with van der Waals surface area (Å²) in [5.74, 6) is 0.992. The molecule has 0 aliphatic heterocycles. The monoisotopic (exact) mass is 281 g/mol.